The molecule has 0 unspecified atom stereocenters. The van der Waals surface area contributed by atoms with Crippen molar-refractivity contribution in [3.8, 4) is 0 Å². The number of anilines is 1. The molecule has 0 aromatic heterocycles. The van der Waals surface area contributed by atoms with Gasteiger partial charge in [0, 0.05) is 18.7 Å². The smallest absolute Gasteiger partial charge is 0.305 e. The predicted octanol–water partition coefficient (Wildman–Crippen LogP) is 2.43. The first kappa shape index (κ1) is 14.2. The minimum Gasteiger partial charge on any atom is -0.481 e. The van der Waals surface area contributed by atoms with E-state index in [1.807, 2.05) is 6.92 Å². The Hall–Kier alpha value is -1.91. The topological polar surface area (TPSA) is 57.6 Å². The van der Waals surface area contributed by atoms with E-state index in [9.17, 15) is 14.0 Å². The highest BCUT2D eigenvalue weighted by Gasteiger charge is 2.15. The fourth-order valence-corrected chi connectivity index (χ4v) is 1.58. The molecule has 0 spiro atoms. The van der Waals surface area contributed by atoms with E-state index in [1.165, 1.54) is 29.2 Å². The first-order valence-electron chi connectivity index (χ1n) is 5.82. The number of carbonyl (C=O) groups is 2. The number of nitrogens with zero attached hydrogens (tertiary/aromatic N) is 1. The van der Waals surface area contributed by atoms with Crippen LogP contribution in [0.5, 0.6) is 0 Å². The van der Waals surface area contributed by atoms with Crippen molar-refractivity contribution < 1.29 is 19.1 Å². The molecule has 0 aliphatic rings. The number of carboxylic acids is 1. The molecule has 0 aliphatic heterocycles. The second kappa shape index (κ2) is 6.74. The first-order chi connectivity index (χ1) is 8.54. The molecule has 0 atom stereocenters. The molecule has 1 rings (SSSR count). The average molecular weight is 253 g/mol. The van der Waals surface area contributed by atoms with Crippen LogP contribution in [0.2, 0.25) is 0 Å². The van der Waals surface area contributed by atoms with E-state index in [2.05, 4.69) is 0 Å². The van der Waals surface area contributed by atoms with Crippen molar-refractivity contribution in [1.82, 2.24) is 0 Å². The summed E-state index contributed by atoms with van der Waals surface area (Å²) < 4.78 is 12.8. The lowest BCUT2D eigenvalue weighted by atomic mass is 10.2. The zero-order valence-electron chi connectivity index (χ0n) is 10.2. The zero-order valence-corrected chi connectivity index (χ0v) is 10.2. The van der Waals surface area contributed by atoms with Gasteiger partial charge in [-0.1, -0.05) is 6.92 Å². The largest absolute Gasteiger partial charge is 0.481 e. The molecule has 0 radical (unpaired) electrons. The third kappa shape index (κ3) is 4.16. The van der Waals surface area contributed by atoms with E-state index in [0.717, 1.165) is 0 Å². The van der Waals surface area contributed by atoms with Crippen molar-refractivity contribution >= 4 is 17.6 Å². The van der Waals surface area contributed by atoms with Crippen LogP contribution >= 0.6 is 0 Å². The number of carboxylic acid groups (broad SMARTS) is 1. The van der Waals surface area contributed by atoms with Crippen LogP contribution in [0.4, 0.5) is 10.1 Å². The Morgan fingerprint density at radius 1 is 1.22 bits per heavy atom. The number of hydrogen-bond donors (Lipinski definition) is 1. The maximum absolute atomic E-state index is 12.8. The highest BCUT2D eigenvalue weighted by Crippen LogP contribution is 2.17. The van der Waals surface area contributed by atoms with Crippen molar-refractivity contribution in [3.05, 3.63) is 30.1 Å². The number of amides is 1. The van der Waals surface area contributed by atoms with E-state index >= 15 is 0 Å². The van der Waals surface area contributed by atoms with E-state index in [1.54, 1.807) is 0 Å². The Morgan fingerprint density at radius 2 is 1.83 bits per heavy atom. The van der Waals surface area contributed by atoms with Crippen LogP contribution in [0.15, 0.2) is 24.3 Å². The average Bonchev–Trinajstić information content (AvgIpc) is 2.31. The molecule has 0 fully saturated rings. The number of aliphatic carboxylic acids is 1. The maximum Gasteiger partial charge on any atom is 0.305 e. The SMILES string of the molecule is CCCC(=O)N(CCC(=O)O)c1ccc(F)cc1. The molecule has 4 nitrogen and oxygen atoms in total. The second-order valence-corrected chi connectivity index (χ2v) is 3.92. The highest BCUT2D eigenvalue weighted by atomic mass is 19.1. The second-order valence-electron chi connectivity index (χ2n) is 3.92. The molecule has 18 heavy (non-hydrogen) atoms. The Bertz CT molecular complexity index is 417. The van der Waals surface area contributed by atoms with Gasteiger partial charge in [0.25, 0.3) is 0 Å². The summed E-state index contributed by atoms with van der Waals surface area (Å²) in [5, 5.41) is 8.67. The number of carbonyl (C=O) groups excluding carboxylic acids is 1. The third-order valence-electron chi connectivity index (χ3n) is 2.45. The quantitative estimate of drug-likeness (QED) is 0.847. The van der Waals surface area contributed by atoms with Crippen molar-refractivity contribution in [3.63, 3.8) is 0 Å². The molecule has 1 aromatic carbocycles. The third-order valence-corrected chi connectivity index (χ3v) is 2.45. The number of hydrogen-bond acceptors (Lipinski definition) is 2. The van der Waals surface area contributed by atoms with Crippen LogP contribution in [0, 0.1) is 5.82 Å². The van der Waals surface area contributed by atoms with E-state index < -0.39 is 5.97 Å². The van der Waals surface area contributed by atoms with Crippen LogP contribution in [0.3, 0.4) is 0 Å². The highest BCUT2D eigenvalue weighted by molar-refractivity contribution is 5.93. The minimum atomic E-state index is -0.966. The summed E-state index contributed by atoms with van der Waals surface area (Å²) in [4.78, 5) is 23.8. The lowest BCUT2D eigenvalue weighted by Crippen LogP contribution is -2.32. The molecule has 1 N–H and O–H groups in total. The van der Waals surface area contributed by atoms with Crippen LogP contribution < -0.4 is 4.90 Å². The summed E-state index contributed by atoms with van der Waals surface area (Å²) >= 11 is 0. The summed E-state index contributed by atoms with van der Waals surface area (Å²) in [6.45, 7) is 1.97. The van der Waals surface area contributed by atoms with Crippen LogP contribution in [-0.2, 0) is 9.59 Å². The monoisotopic (exact) mass is 253 g/mol. The molecule has 1 amide bonds. The summed E-state index contributed by atoms with van der Waals surface area (Å²) in [5.41, 5.74) is 0.524. The Morgan fingerprint density at radius 3 is 2.33 bits per heavy atom. The number of benzene rings is 1. The van der Waals surface area contributed by atoms with Gasteiger partial charge in [-0.2, -0.15) is 0 Å². The molecule has 0 saturated heterocycles. The molecule has 0 bridgehead atoms. The summed E-state index contributed by atoms with van der Waals surface area (Å²) in [6, 6.07) is 5.46. The molecule has 98 valence electrons. The van der Waals surface area contributed by atoms with E-state index in [0.29, 0.717) is 18.5 Å². The number of halogens is 1. The van der Waals surface area contributed by atoms with Gasteiger partial charge in [-0.3, -0.25) is 9.59 Å². The Labute approximate surface area is 105 Å². The summed E-state index contributed by atoms with van der Waals surface area (Å²) in [5.74, 6) is -1.50. The fourth-order valence-electron chi connectivity index (χ4n) is 1.58. The lowest BCUT2D eigenvalue weighted by molar-refractivity contribution is -0.136. The molecule has 1 aromatic rings. The Kier molecular flexibility index (Phi) is 5.30. The van der Waals surface area contributed by atoms with Crippen LogP contribution in [0.25, 0.3) is 0 Å². The predicted molar refractivity (Wildman–Crippen MR) is 65.9 cm³/mol. The van der Waals surface area contributed by atoms with Crippen molar-refractivity contribution in [2.75, 3.05) is 11.4 Å². The molecule has 0 aliphatic carbocycles. The normalized spacial score (nSPS) is 10.1. The van der Waals surface area contributed by atoms with Gasteiger partial charge in [-0.25, -0.2) is 4.39 Å². The van der Waals surface area contributed by atoms with E-state index in [-0.39, 0.29) is 24.7 Å². The number of rotatable bonds is 6. The van der Waals surface area contributed by atoms with Gasteiger partial charge < -0.3 is 10.0 Å². The Balaban J connectivity index is 2.85. The lowest BCUT2D eigenvalue weighted by Gasteiger charge is -2.22. The van der Waals surface area contributed by atoms with Crippen molar-refractivity contribution in [1.29, 1.82) is 0 Å². The van der Waals surface area contributed by atoms with Gasteiger partial charge in [0.15, 0.2) is 0 Å². The van der Waals surface area contributed by atoms with Crippen molar-refractivity contribution in [2.45, 2.75) is 26.2 Å². The summed E-state index contributed by atoms with van der Waals surface area (Å²) in [6.07, 6.45) is 0.896. The van der Waals surface area contributed by atoms with Gasteiger partial charge in [0.1, 0.15) is 5.82 Å². The van der Waals surface area contributed by atoms with Gasteiger partial charge in [0.05, 0.1) is 6.42 Å². The maximum atomic E-state index is 12.8. The van der Waals surface area contributed by atoms with Gasteiger partial charge in [-0.15, -0.1) is 0 Å². The minimum absolute atomic E-state index is 0.0970. The molecule has 0 heterocycles. The van der Waals surface area contributed by atoms with Gasteiger partial charge >= 0.3 is 5.97 Å². The molecule has 0 saturated carbocycles. The van der Waals surface area contributed by atoms with Crippen LogP contribution in [0.1, 0.15) is 26.2 Å². The van der Waals surface area contributed by atoms with Gasteiger partial charge in [0.2, 0.25) is 5.91 Å². The zero-order chi connectivity index (χ0) is 13.5. The fraction of sp³-hybridized carbons (Fsp3) is 0.385. The molecular weight excluding hydrogens is 237 g/mol. The van der Waals surface area contributed by atoms with Gasteiger partial charge in [-0.05, 0) is 30.7 Å². The van der Waals surface area contributed by atoms with Crippen molar-refractivity contribution in [2.24, 2.45) is 0 Å². The molecular formula is C13H16FNO3. The first-order valence-corrected chi connectivity index (χ1v) is 5.82. The standard InChI is InChI=1S/C13H16FNO3/c1-2-3-12(16)15(9-8-13(17)18)11-6-4-10(14)5-7-11/h4-7H,2-3,8-9H2,1H3,(H,17,18). The summed E-state index contributed by atoms with van der Waals surface area (Å²) in [7, 11) is 0. The van der Waals surface area contributed by atoms with Crippen LogP contribution in [-0.4, -0.2) is 23.5 Å². The molecule has 5 heteroatoms. The van der Waals surface area contributed by atoms with E-state index in [4.69, 9.17) is 5.11 Å².